The molecule has 0 aromatic carbocycles. The fourth-order valence-corrected chi connectivity index (χ4v) is 3.99. The molecule has 4 heterocycles. The van der Waals surface area contributed by atoms with Gasteiger partial charge in [0.2, 0.25) is 5.95 Å². The van der Waals surface area contributed by atoms with Gasteiger partial charge in [-0.25, -0.2) is 34.5 Å². The Balaban J connectivity index is 1.74. The summed E-state index contributed by atoms with van der Waals surface area (Å²) in [5, 5.41) is 0. The summed E-state index contributed by atoms with van der Waals surface area (Å²) in [7, 11) is 0. The summed E-state index contributed by atoms with van der Waals surface area (Å²) in [5.74, 6) is 1.30. The Kier molecular flexibility index (Phi) is 8.24. The van der Waals surface area contributed by atoms with E-state index in [1.54, 1.807) is 47.9 Å². The van der Waals surface area contributed by atoms with E-state index in [2.05, 4.69) is 33.7 Å². The largest absolute Gasteiger partial charge is 0.443 e. The van der Waals surface area contributed by atoms with E-state index in [9.17, 15) is 9.59 Å². The van der Waals surface area contributed by atoms with Gasteiger partial charge in [0, 0.05) is 32.0 Å². The SMILES string of the molecule is CC(C)Cn1cnc2c(N3CCOCC3)nc(-c3cnc(N(C(=O)OC(C)(C)C)C(=O)OC(C)(C)C)nc3)nc21. The average molecular weight is 555 g/mol. The lowest BCUT2D eigenvalue weighted by Crippen LogP contribution is -2.44. The van der Waals surface area contributed by atoms with Crippen LogP contribution in [0.5, 0.6) is 0 Å². The van der Waals surface area contributed by atoms with Crippen molar-refractivity contribution in [1.82, 2.24) is 29.5 Å². The van der Waals surface area contributed by atoms with E-state index in [0.717, 1.165) is 6.54 Å². The molecule has 13 nitrogen and oxygen atoms in total. The quantitative estimate of drug-likeness (QED) is 0.442. The van der Waals surface area contributed by atoms with Crippen LogP contribution in [0.25, 0.3) is 22.6 Å². The molecular formula is C27H38N8O5. The number of hydrogen-bond acceptors (Lipinski definition) is 11. The molecule has 1 fully saturated rings. The van der Waals surface area contributed by atoms with Gasteiger partial charge in [-0.1, -0.05) is 13.8 Å². The summed E-state index contributed by atoms with van der Waals surface area (Å²) in [4.78, 5) is 51.7. The van der Waals surface area contributed by atoms with Crippen molar-refractivity contribution in [3.8, 4) is 11.4 Å². The van der Waals surface area contributed by atoms with E-state index in [1.165, 1.54) is 12.4 Å². The highest BCUT2D eigenvalue weighted by atomic mass is 16.6. The monoisotopic (exact) mass is 554 g/mol. The number of hydrogen-bond donors (Lipinski definition) is 0. The van der Waals surface area contributed by atoms with E-state index in [-0.39, 0.29) is 5.95 Å². The Morgan fingerprint density at radius 2 is 1.52 bits per heavy atom. The number of aromatic nitrogens is 6. The first kappa shape index (κ1) is 29.1. The molecule has 2 amide bonds. The number of morpholine rings is 1. The topological polar surface area (TPSA) is 138 Å². The van der Waals surface area contributed by atoms with Gasteiger partial charge in [-0.05, 0) is 47.5 Å². The minimum Gasteiger partial charge on any atom is -0.443 e. The molecule has 3 aromatic rings. The zero-order chi connectivity index (χ0) is 29.2. The van der Waals surface area contributed by atoms with Crippen LogP contribution in [0, 0.1) is 5.92 Å². The maximum atomic E-state index is 13.0. The van der Waals surface area contributed by atoms with Crippen LogP contribution in [-0.2, 0) is 20.8 Å². The predicted octanol–water partition coefficient (Wildman–Crippen LogP) is 4.45. The minimum atomic E-state index is -0.945. The molecule has 0 aliphatic carbocycles. The first-order valence-corrected chi connectivity index (χ1v) is 13.4. The lowest BCUT2D eigenvalue weighted by Gasteiger charge is -2.28. The molecule has 216 valence electrons. The van der Waals surface area contributed by atoms with Gasteiger partial charge in [-0.3, -0.25) is 0 Å². The second-order valence-electron chi connectivity index (χ2n) is 12.0. The van der Waals surface area contributed by atoms with Crippen molar-refractivity contribution in [2.75, 3.05) is 36.1 Å². The molecule has 0 unspecified atom stereocenters. The molecule has 13 heteroatoms. The molecule has 3 aromatic heterocycles. The van der Waals surface area contributed by atoms with Crippen molar-refractivity contribution in [1.29, 1.82) is 0 Å². The smallest absolute Gasteiger partial charge is 0.427 e. The maximum absolute atomic E-state index is 13.0. The van der Waals surface area contributed by atoms with Gasteiger partial charge in [0.15, 0.2) is 22.8 Å². The van der Waals surface area contributed by atoms with Crippen molar-refractivity contribution in [2.45, 2.75) is 73.1 Å². The fourth-order valence-electron chi connectivity index (χ4n) is 3.99. The summed E-state index contributed by atoms with van der Waals surface area (Å²) in [6, 6.07) is 0. The number of fused-ring (bicyclic) bond motifs is 1. The van der Waals surface area contributed by atoms with Crippen LogP contribution in [0.3, 0.4) is 0 Å². The molecule has 0 saturated carbocycles. The van der Waals surface area contributed by atoms with Gasteiger partial charge in [0.1, 0.15) is 11.2 Å². The Bertz CT molecular complexity index is 1320. The van der Waals surface area contributed by atoms with Gasteiger partial charge >= 0.3 is 12.2 Å². The minimum absolute atomic E-state index is 0.188. The van der Waals surface area contributed by atoms with E-state index >= 15 is 0 Å². The molecule has 0 atom stereocenters. The third-order valence-corrected chi connectivity index (χ3v) is 5.57. The summed E-state index contributed by atoms with van der Waals surface area (Å²) in [5.41, 5.74) is 0.217. The third kappa shape index (κ3) is 7.00. The standard InChI is InChI=1S/C27H38N8O5/c1-17(2)15-34-16-30-19-21(33-9-11-38-12-10-33)31-20(32-22(19)34)18-13-28-23(29-14-18)35(24(36)39-26(3,4)5)25(37)40-27(6,7)8/h13-14,16-17H,9-12,15H2,1-8H3. The molecule has 1 saturated heterocycles. The lowest BCUT2D eigenvalue weighted by molar-refractivity contribution is 0.0427. The zero-order valence-electron chi connectivity index (χ0n) is 24.5. The molecule has 40 heavy (non-hydrogen) atoms. The van der Waals surface area contributed by atoms with E-state index < -0.39 is 23.4 Å². The first-order chi connectivity index (χ1) is 18.7. The number of anilines is 2. The van der Waals surface area contributed by atoms with Crippen LogP contribution in [-0.4, -0.2) is 79.2 Å². The number of imide groups is 1. The number of carbonyl (C=O) groups is 2. The van der Waals surface area contributed by atoms with Crippen molar-refractivity contribution in [2.24, 2.45) is 5.92 Å². The number of rotatable bonds is 5. The highest BCUT2D eigenvalue weighted by Crippen LogP contribution is 2.28. The predicted molar refractivity (Wildman–Crippen MR) is 149 cm³/mol. The Morgan fingerprint density at radius 1 is 0.950 bits per heavy atom. The normalized spacial score (nSPS) is 14.5. The number of ether oxygens (including phenoxy) is 3. The van der Waals surface area contributed by atoms with Crippen LogP contribution in [0.2, 0.25) is 0 Å². The van der Waals surface area contributed by atoms with Crippen LogP contribution < -0.4 is 9.80 Å². The average Bonchev–Trinajstić information content (AvgIpc) is 3.24. The van der Waals surface area contributed by atoms with Crippen LogP contribution >= 0.6 is 0 Å². The first-order valence-electron chi connectivity index (χ1n) is 13.4. The molecule has 0 radical (unpaired) electrons. The third-order valence-electron chi connectivity index (χ3n) is 5.57. The van der Waals surface area contributed by atoms with E-state index in [4.69, 9.17) is 24.2 Å². The molecule has 0 spiro atoms. The second kappa shape index (κ2) is 11.3. The Hall–Kier alpha value is -3.87. The fraction of sp³-hybridized carbons (Fsp3) is 0.593. The maximum Gasteiger partial charge on any atom is 0.427 e. The number of carbonyl (C=O) groups excluding carboxylic acids is 2. The second-order valence-corrected chi connectivity index (χ2v) is 12.0. The van der Waals surface area contributed by atoms with Crippen LogP contribution in [0.4, 0.5) is 21.4 Å². The molecule has 1 aliphatic heterocycles. The number of imidazole rings is 1. The molecule has 0 bridgehead atoms. The molecule has 0 N–H and O–H groups in total. The van der Waals surface area contributed by atoms with Crippen molar-refractivity contribution in [3.05, 3.63) is 18.7 Å². The summed E-state index contributed by atoms with van der Waals surface area (Å²) in [6.07, 6.45) is 2.83. The number of amides is 2. The van der Waals surface area contributed by atoms with Gasteiger partial charge in [0.05, 0.1) is 25.1 Å². The Labute approximate surface area is 233 Å². The molecule has 4 rings (SSSR count). The summed E-state index contributed by atoms with van der Waals surface area (Å²) >= 11 is 0. The van der Waals surface area contributed by atoms with Gasteiger partial charge in [0.25, 0.3) is 0 Å². The van der Waals surface area contributed by atoms with Crippen LogP contribution in [0.15, 0.2) is 18.7 Å². The summed E-state index contributed by atoms with van der Waals surface area (Å²) in [6.45, 7) is 17.7. The van der Waals surface area contributed by atoms with Crippen molar-refractivity contribution < 1.29 is 23.8 Å². The van der Waals surface area contributed by atoms with Gasteiger partial charge < -0.3 is 23.7 Å². The van der Waals surface area contributed by atoms with Crippen molar-refractivity contribution in [3.63, 3.8) is 0 Å². The van der Waals surface area contributed by atoms with E-state index in [0.29, 0.717) is 65.5 Å². The summed E-state index contributed by atoms with van der Waals surface area (Å²) < 4.78 is 18.4. The van der Waals surface area contributed by atoms with Gasteiger partial charge in [-0.15, -0.1) is 4.90 Å². The zero-order valence-corrected chi connectivity index (χ0v) is 24.5. The van der Waals surface area contributed by atoms with E-state index in [1.807, 2.05) is 4.57 Å². The Morgan fingerprint density at radius 3 is 2.05 bits per heavy atom. The highest BCUT2D eigenvalue weighted by molar-refractivity contribution is 6.08. The van der Waals surface area contributed by atoms with Crippen LogP contribution in [0.1, 0.15) is 55.4 Å². The molecular weight excluding hydrogens is 516 g/mol. The number of nitrogens with zero attached hydrogens (tertiary/aromatic N) is 8. The van der Waals surface area contributed by atoms with Gasteiger partial charge in [-0.2, -0.15) is 0 Å². The lowest BCUT2D eigenvalue weighted by atomic mass is 10.2. The van der Waals surface area contributed by atoms with Crippen molar-refractivity contribution >= 4 is 35.1 Å². The molecule has 1 aliphatic rings. The highest BCUT2D eigenvalue weighted by Gasteiger charge is 2.34.